The second-order valence-corrected chi connectivity index (χ2v) is 5.73. The lowest BCUT2D eigenvalue weighted by atomic mass is 10.1. The minimum atomic E-state index is -0.176. The fraction of sp³-hybridized carbons (Fsp3) is 0.375. The molecule has 1 amide bonds. The van der Waals surface area contributed by atoms with Gasteiger partial charge in [0.1, 0.15) is 11.5 Å². The van der Waals surface area contributed by atoms with Gasteiger partial charge in [0.2, 0.25) is 0 Å². The molecular formula is C16H22N4O. The van der Waals surface area contributed by atoms with E-state index in [0.29, 0.717) is 17.4 Å². The summed E-state index contributed by atoms with van der Waals surface area (Å²) >= 11 is 0. The Hall–Kier alpha value is -2.14. The molecule has 0 radical (unpaired) electrons. The van der Waals surface area contributed by atoms with Crippen molar-refractivity contribution >= 4 is 22.5 Å². The number of aromatic nitrogens is 1. The minimum Gasteiger partial charge on any atom is -0.348 e. The maximum Gasteiger partial charge on any atom is 0.270 e. The number of pyridine rings is 1. The average molecular weight is 286 g/mol. The molecule has 112 valence electrons. The number of nitrogens with two attached hydrogens (primary N) is 1. The predicted octanol–water partition coefficient (Wildman–Crippen LogP) is 2.68. The summed E-state index contributed by atoms with van der Waals surface area (Å²) in [6, 6.07) is 9.58. The lowest BCUT2D eigenvalue weighted by molar-refractivity contribution is 0.0931. The Morgan fingerprint density at radius 2 is 2.00 bits per heavy atom. The van der Waals surface area contributed by atoms with Crippen LogP contribution in [0.25, 0.3) is 10.8 Å². The van der Waals surface area contributed by atoms with Crippen LogP contribution in [0.1, 0.15) is 37.7 Å². The molecule has 1 heterocycles. The van der Waals surface area contributed by atoms with E-state index >= 15 is 0 Å². The number of carbonyl (C=O) groups excluding carboxylic acids is 1. The van der Waals surface area contributed by atoms with Crippen molar-refractivity contribution < 1.29 is 4.79 Å². The minimum absolute atomic E-state index is 0.111. The van der Waals surface area contributed by atoms with E-state index in [2.05, 4.69) is 29.6 Å². The summed E-state index contributed by atoms with van der Waals surface area (Å²) in [7, 11) is 0. The van der Waals surface area contributed by atoms with Gasteiger partial charge in [0.05, 0.1) is 0 Å². The number of anilines is 1. The highest BCUT2D eigenvalue weighted by Gasteiger charge is 2.14. The molecular weight excluding hydrogens is 264 g/mol. The Balaban J connectivity index is 2.27. The highest BCUT2D eigenvalue weighted by atomic mass is 16.1. The van der Waals surface area contributed by atoms with Crippen LogP contribution in [0.5, 0.6) is 0 Å². The number of carbonyl (C=O) groups is 1. The zero-order chi connectivity index (χ0) is 15.4. The number of amides is 1. The standard InChI is InChI=1S/C16H22N4O/c1-10(2)8-11(3)18-16(21)14-9-12-6-4-5-7-13(12)15(19-14)20-17/h4-7,9-11H,8,17H2,1-3H3,(H,18,21)(H,19,20). The maximum atomic E-state index is 12.3. The lowest BCUT2D eigenvalue weighted by Gasteiger charge is -2.16. The van der Waals surface area contributed by atoms with E-state index in [-0.39, 0.29) is 11.9 Å². The SMILES string of the molecule is CC(C)CC(C)NC(=O)c1cc2ccccc2c(NN)n1. The second kappa shape index (κ2) is 6.54. The highest BCUT2D eigenvalue weighted by Crippen LogP contribution is 2.21. The van der Waals surface area contributed by atoms with Crippen LogP contribution in [-0.2, 0) is 0 Å². The molecule has 5 nitrogen and oxygen atoms in total. The van der Waals surface area contributed by atoms with E-state index in [1.807, 2.05) is 31.2 Å². The van der Waals surface area contributed by atoms with E-state index in [1.165, 1.54) is 0 Å². The van der Waals surface area contributed by atoms with Gasteiger partial charge in [-0.25, -0.2) is 10.8 Å². The first-order valence-electron chi connectivity index (χ1n) is 7.18. The van der Waals surface area contributed by atoms with Gasteiger partial charge in [-0.3, -0.25) is 4.79 Å². The van der Waals surface area contributed by atoms with Crippen molar-refractivity contribution in [1.29, 1.82) is 0 Å². The monoisotopic (exact) mass is 286 g/mol. The number of hydrazine groups is 1. The van der Waals surface area contributed by atoms with Gasteiger partial charge in [-0.2, -0.15) is 0 Å². The number of benzene rings is 1. The number of nitrogens with one attached hydrogen (secondary N) is 2. The van der Waals surface area contributed by atoms with E-state index in [4.69, 9.17) is 5.84 Å². The van der Waals surface area contributed by atoms with Crippen LogP contribution in [-0.4, -0.2) is 16.9 Å². The van der Waals surface area contributed by atoms with Crippen LogP contribution in [0, 0.1) is 5.92 Å². The maximum absolute atomic E-state index is 12.3. The summed E-state index contributed by atoms with van der Waals surface area (Å²) in [6.45, 7) is 6.27. The summed E-state index contributed by atoms with van der Waals surface area (Å²) in [4.78, 5) is 16.6. The Kier molecular flexibility index (Phi) is 4.75. The third-order valence-corrected chi connectivity index (χ3v) is 3.31. The molecule has 1 unspecified atom stereocenters. The van der Waals surface area contributed by atoms with Gasteiger partial charge in [0, 0.05) is 11.4 Å². The van der Waals surface area contributed by atoms with Crippen LogP contribution >= 0.6 is 0 Å². The molecule has 0 fully saturated rings. The Morgan fingerprint density at radius 1 is 1.29 bits per heavy atom. The highest BCUT2D eigenvalue weighted by molar-refractivity contribution is 6.00. The molecule has 1 atom stereocenters. The van der Waals surface area contributed by atoms with Gasteiger partial charge in [0.25, 0.3) is 5.91 Å². The average Bonchev–Trinajstić information content (AvgIpc) is 2.44. The number of hydrogen-bond acceptors (Lipinski definition) is 4. The molecule has 1 aromatic heterocycles. The van der Waals surface area contributed by atoms with Crippen molar-refractivity contribution in [1.82, 2.24) is 10.3 Å². The Bertz CT molecular complexity index is 639. The summed E-state index contributed by atoms with van der Waals surface area (Å²) in [5.74, 6) is 6.37. The van der Waals surface area contributed by atoms with Crippen molar-refractivity contribution in [2.24, 2.45) is 11.8 Å². The van der Waals surface area contributed by atoms with Gasteiger partial charge in [-0.1, -0.05) is 38.1 Å². The molecule has 2 rings (SSSR count). The topological polar surface area (TPSA) is 80.0 Å². The third-order valence-electron chi connectivity index (χ3n) is 3.31. The molecule has 2 aromatic rings. The molecule has 1 aromatic carbocycles. The first-order valence-corrected chi connectivity index (χ1v) is 7.18. The molecule has 0 saturated carbocycles. The van der Waals surface area contributed by atoms with Gasteiger partial charge in [-0.15, -0.1) is 0 Å². The van der Waals surface area contributed by atoms with E-state index < -0.39 is 0 Å². The largest absolute Gasteiger partial charge is 0.348 e. The molecule has 0 bridgehead atoms. The van der Waals surface area contributed by atoms with E-state index in [1.54, 1.807) is 6.07 Å². The van der Waals surface area contributed by atoms with Gasteiger partial charge in [-0.05, 0) is 30.7 Å². The van der Waals surface area contributed by atoms with E-state index in [0.717, 1.165) is 17.2 Å². The number of fused-ring (bicyclic) bond motifs is 1. The quantitative estimate of drug-likeness (QED) is 0.583. The van der Waals surface area contributed by atoms with Gasteiger partial charge in [0.15, 0.2) is 0 Å². The van der Waals surface area contributed by atoms with Crippen molar-refractivity contribution in [2.75, 3.05) is 5.43 Å². The molecule has 0 saturated heterocycles. The normalized spacial score (nSPS) is 12.4. The van der Waals surface area contributed by atoms with E-state index in [9.17, 15) is 4.79 Å². The zero-order valence-electron chi connectivity index (χ0n) is 12.7. The number of nitrogens with zero attached hydrogens (tertiary/aromatic N) is 1. The molecule has 21 heavy (non-hydrogen) atoms. The number of hydrogen-bond donors (Lipinski definition) is 3. The van der Waals surface area contributed by atoms with Crippen molar-refractivity contribution in [3.05, 3.63) is 36.0 Å². The first-order chi connectivity index (χ1) is 10.0. The van der Waals surface area contributed by atoms with Crippen molar-refractivity contribution in [2.45, 2.75) is 33.2 Å². The Labute approximate surface area is 124 Å². The van der Waals surface area contributed by atoms with Crippen LogP contribution in [0.2, 0.25) is 0 Å². The Morgan fingerprint density at radius 3 is 2.67 bits per heavy atom. The van der Waals surface area contributed by atoms with Gasteiger partial charge >= 0.3 is 0 Å². The van der Waals surface area contributed by atoms with Crippen LogP contribution in [0.4, 0.5) is 5.82 Å². The summed E-state index contributed by atoms with van der Waals surface area (Å²) < 4.78 is 0. The molecule has 0 aliphatic rings. The zero-order valence-corrected chi connectivity index (χ0v) is 12.7. The molecule has 0 aliphatic heterocycles. The molecule has 0 aliphatic carbocycles. The summed E-state index contributed by atoms with van der Waals surface area (Å²) in [6.07, 6.45) is 0.932. The third kappa shape index (κ3) is 3.70. The van der Waals surface area contributed by atoms with Gasteiger partial charge < -0.3 is 10.7 Å². The second-order valence-electron chi connectivity index (χ2n) is 5.73. The van der Waals surface area contributed by atoms with Crippen molar-refractivity contribution in [3.8, 4) is 0 Å². The smallest absolute Gasteiger partial charge is 0.270 e. The fourth-order valence-corrected chi connectivity index (χ4v) is 2.49. The molecule has 0 spiro atoms. The summed E-state index contributed by atoms with van der Waals surface area (Å²) in [5, 5.41) is 4.80. The molecule has 4 N–H and O–H groups in total. The predicted molar refractivity (Wildman–Crippen MR) is 85.9 cm³/mol. The lowest BCUT2D eigenvalue weighted by Crippen LogP contribution is -2.34. The van der Waals surface area contributed by atoms with Crippen molar-refractivity contribution in [3.63, 3.8) is 0 Å². The number of rotatable bonds is 5. The number of nitrogen functional groups attached to an aromatic ring is 1. The first kappa shape index (κ1) is 15.3. The van der Waals surface area contributed by atoms with Crippen LogP contribution in [0.15, 0.2) is 30.3 Å². The fourth-order valence-electron chi connectivity index (χ4n) is 2.49. The van der Waals surface area contributed by atoms with Crippen LogP contribution < -0.4 is 16.6 Å². The summed E-state index contributed by atoms with van der Waals surface area (Å²) in [5.41, 5.74) is 2.93. The molecule has 5 heteroatoms. The van der Waals surface area contributed by atoms with Crippen LogP contribution in [0.3, 0.4) is 0 Å².